The summed E-state index contributed by atoms with van der Waals surface area (Å²) in [5.74, 6) is -0.649. The average molecular weight is 334 g/mol. The average Bonchev–Trinajstić information content (AvgIpc) is 2.52. The van der Waals surface area contributed by atoms with Crippen molar-refractivity contribution in [3.05, 3.63) is 52.9 Å². The number of nitrogens with one attached hydrogen (secondary N) is 1. The minimum absolute atomic E-state index is 0.181. The van der Waals surface area contributed by atoms with Gasteiger partial charge in [-0.2, -0.15) is 0 Å². The molecule has 1 amide bonds. The minimum atomic E-state index is -0.920. The van der Waals surface area contributed by atoms with E-state index in [9.17, 15) is 9.59 Å². The Morgan fingerprint density at radius 3 is 2.78 bits per heavy atom. The fourth-order valence-corrected chi connectivity index (χ4v) is 2.04. The fourth-order valence-electron chi connectivity index (χ4n) is 1.87. The monoisotopic (exact) mass is 333 g/mol. The van der Waals surface area contributed by atoms with Gasteiger partial charge in [0.05, 0.1) is 5.56 Å². The summed E-state index contributed by atoms with van der Waals surface area (Å²) in [7, 11) is 0. The SMILES string of the molecule is CCC(OC(=O)c1ccnc(Cl)c1)C(=O)Nc1cccc(C)n1. The summed E-state index contributed by atoms with van der Waals surface area (Å²) in [4.78, 5) is 32.3. The molecule has 2 aromatic rings. The van der Waals surface area contributed by atoms with Crippen LogP contribution in [0, 0.1) is 6.92 Å². The minimum Gasteiger partial charge on any atom is -0.449 e. The van der Waals surface area contributed by atoms with E-state index in [2.05, 4.69) is 15.3 Å². The fraction of sp³-hybridized carbons (Fsp3) is 0.250. The molecule has 23 heavy (non-hydrogen) atoms. The molecule has 0 saturated carbocycles. The molecule has 2 heterocycles. The van der Waals surface area contributed by atoms with Gasteiger partial charge in [-0.15, -0.1) is 0 Å². The molecule has 1 unspecified atom stereocenters. The highest BCUT2D eigenvalue weighted by atomic mass is 35.5. The van der Waals surface area contributed by atoms with Gasteiger partial charge in [0.1, 0.15) is 11.0 Å². The van der Waals surface area contributed by atoms with E-state index < -0.39 is 18.0 Å². The van der Waals surface area contributed by atoms with Gasteiger partial charge in [-0.1, -0.05) is 24.6 Å². The van der Waals surface area contributed by atoms with Crippen molar-refractivity contribution >= 4 is 29.3 Å². The van der Waals surface area contributed by atoms with E-state index in [-0.39, 0.29) is 10.7 Å². The zero-order valence-corrected chi connectivity index (χ0v) is 13.5. The standard InChI is InChI=1S/C16H16ClN3O3/c1-3-12(15(21)20-14-6-4-5-10(2)19-14)23-16(22)11-7-8-18-13(17)9-11/h4-9,12H,3H2,1-2H3,(H,19,20,21). The Morgan fingerprint density at radius 2 is 2.13 bits per heavy atom. The summed E-state index contributed by atoms with van der Waals surface area (Å²) < 4.78 is 5.24. The molecule has 1 atom stereocenters. The van der Waals surface area contributed by atoms with E-state index in [1.807, 2.05) is 13.0 Å². The van der Waals surface area contributed by atoms with Crippen molar-refractivity contribution in [2.75, 3.05) is 5.32 Å². The number of amides is 1. The maximum Gasteiger partial charge on any atom is 0.339 e. The molecule has 0 aromatic carbocycles. The van der Waals surface area contributed by atoms with Gasteiger partial charge in [0.15, 0.2) is 6.10 Å². The predicted molar refractivity (Wildman–Crippen MR) is 86.3 cm³/mol. The smallest absolute Gasteiger partial charge is 0.339 e. The Balaban J connectivity index is 2.04. The molecule has 6 nitrogen and oxygen atoms in total. The second-order valence-corrected chi connectivity index (χ2v) is 5.21. The van der Waals surface area contributed by atoms with Crippen LogP contribution in [0.2, 0.25) is 5.15 Å². The van der Waals surface area contributed by atoms with Gasteiger partial charge in [-0.3, -0.25) is 4.79 Å². The highest BCUT2D eigenvalue weighted by molar-refractivity contribution is 6.29. The summed E-state index contributed by atoms with van der Waals surface area (Å²) in [6.07, 6.45) is 0.815. The lowest BCUT2D eigenvalue weighted by atomic mass is 10.2. The highest BCUT2D eigenvalue weighted by Crippen LogP contribution is 2.12. The first-order valence-electron chi connectivity index (χ1n) is 7.06. The quantitative estimate of drug-likeness (QED) is 0.672. The molecule has 2 aromatic heterocycles. The number of hydrogen-bond donors (Lipinski definition) is 1. The molecule has 7 heteroatoms. The van der Waals surface area contributed by atoms with Crippen molar-refractivity contribution in [2.45, 2.75) is 26.4 Å². The van der Waals surface area contributed by atoms with Crippen LogP contribution in [0.25, 0.3) is 0 Å². The molecule has 0 fully saturated rings. The van der Waals surface area contributed by atoms with Crippen LogP contribution >= 0.6 is 11.6 Å². The number of anilines is 1. The van der Waals surface area contributed by atoms with Gasteiger partial charge < -0.3 is 10.1 Å². The van der Waals surface area contributed by atoms with Crippen LogP contribution in [-0.4, -0.2) is 27.9 Å². The van der Waals surface area contributed by atoms with Gasteiger partial charge >= 0.3 is 5.97 Å². The lowest BCUT2D eigenvalue weighted by Gasteiger charge is -2.16. The van der Waals surface area contributed by atoms with E-state index in [0.29, 0.717) is 12.2 Å². The van der Waals surface area contributed by atoms with E-state index in [1.165, 1.54) is 18.3 Å². The van der Waals surface area contributed by atoms with E-state index in [1.54, 1.807) is 19.1 Å². The molecular weight excluding hydrogens is 318 g/mol. The molecule has 120 valence electrons. The van der Waals surface area contributed by atoms with Crippen molar-refractivity contribution in [3.63, 3.8) is 0 Å². The first-order chi connectivity index (χ1) is 11.0. The summed E-state index contributed by atoms with van der Waals surface area (Å²) >= 11 is 5.74. The predicted octanol–water partition coefficient (Wildman–Crippen LogP) is 3.01. The zero-order valence-electron chi connectivity index (χ0n) is 12.7. The van der Waals surface area contributed by atoms with Crippen molar-refractivity contribution in [1.82, 2.24) is 9.97 Å². The van der Waals surface area contributed by atoms with Crippen molar-refractivity contribution in [1.29, 1.82) is 0 Å². The van der Waals surface area contributed by atoms with Gasteiger partial charge in [0.2, 0.25) is 0 Å². The van der Waals surface area contributed by atoms with Gasteiger partial charge in [-0.25, -0.2) is 14.8 Å². The Hall–Kier alpha value is -2.47. The van der Waals surface area contributed by atoms with Gasteiger partial charge in [0.25, 0.3) is 5.91 Å². The largest absolute Gasteiger partial charge is 0.449 e. The van der Waals surface area contributed by atoms with Crippen LogP contribution in [0.5, 0.6) is 0 Å². The van der Waals surface area contributed by atoms with E-state index >= 15 is 0 Å². The third kappa shape index (κ3) is 4.75. The first-order valence-corrected chi connectivity index (χ1v) is 7.44. The Kier molecular flexibility index (Phi) is 5.65. The molecule has 2 rings (SSSR count). The lowest BCUT2D eigenvalue weighted by molar-refractivity contribution is -0.124. The number of aromatic nitrogens is 2. The number of esters is 1. The van der Waals surface area contributed by atoms with Crippen LogP contribution < -0.4 is 5.32 Å². The topological polar surface area (TPSA) is 81.2 Å². The number of rotatable bonds is 5. The van der Waals surface area contributed by atoms with Crippen LogP contribution in [0.15, 0.2) is 36.5 Å². The van der Waals surface area contributed by atoms with Crippen LogP contribution in [0.3, 0.4) is 0 Å². The highest BCUT2D eigenvalue weighted by Gasteiger charge is 2.22. The lowest BCUT2D eigenvalue weighted by Crippen LogP contribution is -2.32. The number of ether oxygens (including phenoxy) is 1. The summed E-state index contributed by atoms with van der Waals surface area (Å²) in [6.45, 7) is 3.57. The van der Waals surface area contributed by atoms with Crippen LogP contribution in [-0.2, 0) is 9.53 Å². The third-order valence-corrected chi connectivity index (χ3v) is 3.22. The number of nitrogens with zero attached hydrogens (tertiary/aromatic N) is 2. The molecule has 0 aliphatic rings. The number of hydrogen-bond acceptors (Lipinski definition) is 5. The molecule has 0 spiro atoms. The van der Waals surface area contributed by atoms with Gasteiger partial charge in [0, 0.05) is 11.9 Å². The normalized spacial score (nSPS) is 11.6. The molecule has 0 saturated heterocycles. The van der Waals surface area contributed by atoms with Crippen molar-refractivity contribution in [3.8, 4) is 0 Å². The van der Waals surface area contributed by atoms with Crippen LogP contribution in [0.4, 0.5) is 5.82 Å². The second-order valence-electron chi connectivity index (χ2n) is 4.82. The van der Waals surface area contributed by atoms with Crippen molar-refractivity contribution < 1.29 is 14.3 Å². The maximum absolute atomic E-state index is 12.2. The molecule has 0 aliphatic heterocycles. The Labute approximate surface area is 138 Å². The number of halogens is 1. The molecule has 0 aliphatic carbocycles. The maximum atomic E-state index is 12.2. The molecule has 0 radical (unpaired) electrons. The summed E-state index contributed by atoms with van der Waals surface area (Å²) in [5, 5.41) is 2.82. The molecule has 0 bridgehead atoms. The molecule has 1 N–H and O–H groups in total. The van der Waals surface area contributed by atoms with Gasteiger partial charge in [-0.05, 0) is 37.6 Å². The second kappa shape index (κ2) is 7.69. The number of pyridine rings is 2. The summed E-state index contributed by atoms with van der Waals surface area (Å²) in [6, 6.07) is 8.13. The number of carbonyl (C=O) groups is 2. The Bertz CT molecular complexity index is 721. The summed E-state index contributed by atoms with van der Waals surface area (Å²) in [5.41, 5.74) is 1.02. The molecular formula is C16H16ClN3O3. The van der Waals surface area contributed by atoms with Crippen molar-refractivity contribution in [2.24, 2.45) is 0 Å². The zero-order chi connectivity index (χ0) is 16.8. The van der Waals surface area contributed by atoms with Crippen LogP contribution in [0.1, 0.15) is 29.4 Å². The first kappa shape index (κ1) is 16.9. The van der Waals surface area contributed by atoms with E-state index in [4.69, 9.17) is 16.3 Å². The Morgan fingerprint density at radius 1 is 1.35 bits per heavy atom. The van der Waals surface area contributed by atoms with E-state index in [0.717, 1.165) is 5.69 Å². The third-order valence-electron chi connectivity index (χ3n) is 3.01. The number of carbonyl (C=O) groups excluding carboxylic acids is 2. The number of aryl methyl sites for hydroxylation is 1.